The second-order valence-electron chi connectivity index (χ2n) is 10.9. The van der Waals surface area contributed by atoms with Gasteiger partial charge in [0.25, 0.3) is 5.91 Å². The number of carbonyl (C=O) groups is 4. The van der Waals surface area contributed by atoms with Gasteiger partial charge in [0.15, 0.2) is 0 Å². The standard InChI is InChI=1S/C30H31ClN2O7/c1-29(2,3)39-27(37)22-15-17(26(35)36)11-13-19(22)21-16-18(31)12-14-20(21)25(34)32-23-9-7-8-10-24(23)33-28(38)40-30(4,5)6/h7-16H,1-6H3,(H,32,34)(H,33,38)(H,35,36). The van der Waals surface area contributed by atoms with Crippen LogP contribution in [0.15, 0.2) is 60.7 Å². The molecule has 0 aliphatic carbocycles. The normalized spacial score (nSPS) is 11.4. The number of para-hydroxylation sites is 2. The minimum atomic E-state index is -1.23. The highest BCUT2D eigenvalue weighted by Gasteiger charge is 2.25. The SMILES string of the molecule is CC(C)(C)OC(=O)Nc1ccccc1NC(=O)c1ccc(Cl)cc1-c1ccc(C(=O)O)cc1C(=O)OC(C)(C)C. The van der Waals surface area contributed by atoms with E-state index in [1.165, 1.54) is 36.4 Å². The van der Waals surface area contributed by atoms with Crippen LogP contribution in [0.25, 0.3) is 11.1 Å². The van der Waals surface area contributed by atoms with Gasteiger partial charge in [0.2, 0.25) is 0 Å². The van der Waals surface area contributed by atoms with Crippen molar-refractivity contribution >= 4 is 46.9 Å². The zero-order valence-corrected chi connectivity index (χ0v) is 23.8. The fourth-order valence-corrected chi connectivity index (χ4v) is 3.83. The number of benzene rings is 3. The monoisotopic (exact) mass is 566 g/mol. The van der Waals surface area contributed by atoms with Crippen LogP contribution in [-0.2, 0) is 9.47 Å². The number of amides is 2. The Balaban J connectivity index is 2.05. The Hall–Kier alpha value is -4.37. The van der Waals surface area contributed by atoms with Crippen molar-refractivity contribution in [3.8, 4) is 11.1 Å². The lowest BCUT2D eigenvalue weighted by atomic mass is 9.93. The van der Waals surface area contributed by atoms with E-state index in [0.717, 1.165) is 0 Å². The molecule has 0 fully saturated rings. The molecule has 3 rings (SSSR count). The van der Waals surface area contributed by atoms with Gasteiger partial charge in [-0.3, -0.25) is 10.1 Å². The van der Waals surface area contributed by atoms with Crippen LogP contribution < -0.4 is 10.6 Å². The molecule has 0 aliphatic heterocycles. The average molecular weight is 567 g/mol. The maximum absolute atomic E-state index is 13.6. The lowest BCUT2D eigenvalue weighted by Crippen LogP contribution is -2.27. The molecule has 0 spiro atoms. The molecule has 3 N–H and O–H groups in total. The Labute approximate surface area is 237 Å². The molecule has 2 amide bonds. The van der Waals surface area contributed by atoms with Crippen LogP contribution in [0.4, 0.5) is 16.2 Å². The molecule has 0 unspecified atom stereocenters. The van der Waals surface area contributed by atoms with Gasteiger partial charge in [-0.15, -0.1) is 0 Å². The minimum Gasteiger partial charge on any atom is -0.478 e. The molecule has 0 saturated carbocycles. The topological polar surface area (TPSA) is 131 Å². The highest BCUT2D eigenvalue weighted by molar-refractivity contribution is 6.31. The molecule has 10 heteroatoms. The number of carbonyl (C=O) groups excluding carboxylic acids is 3. The molecule has 0 saturated heterocycles. The average Bonchev–Trinajstić information content (AvgIpc) is 2.82. The third-order valence-electron chi connectivity index (χ3n) is 5.21. The van der Waals surface area contributed by atoms with Crippen LogP contribution in [-0.4, -0.2) is 40.2 Å². The zero-order chi connectivity index (χ0) is 29.8. The van der Waals surface area contributed by atoms with Crippen LogP contribution in [0.3, 0.4) is 0 Å². The second-order valence-corrected chi connectivity index (χ2v) is 11.3. The lowest BCUT2D eigenvalue weighted by molar-refractivity contribution is 0.00700. The molecule has 0 bridgehead atoms. The number of hydrogen-bond donors (Lipinski definition) is 3. The Kier molecular flexibility index (Phi) is 8.90. The van der Waals surface area contributed by atoms with E-state index >= 15 is 0 Å². The van der Waals surface area contributed by atoms with E-state index in [1.807, 2.05) is 0 Å². The van der Waals surface area contributed by atoms with Gasteiger partial charge >= 0.3 is 18.0 Å². The van der Waals surface area contributed by atoms with Gasteiger partial charge in [-0.1, -0.05) is 29.8 Å². The number of ether oxygens (including phenoxy) is 2. The van der Waals surface area contributed by atoms with E-state index in [0.29, 0.717) is 11.4 Å². The van der Waals surface area contributed by atoms with E-state index < -0.39 is 35.1 Å². The van der Waals surface area contributed by atoms with Crippen molar-refractivity contribution in [3.63, 3.8) is 0 Å². The molecule has 210 valence electrons. The predicted octanol–water partition coefficient (Wildman–Crippen LogP) is 7.26. The molecule has 9 nitrogen and oxygen atoms in total. The third-order valence-corrected chi connectivity index (χ3v) is 5.45. The molecule has 0 heterocycles. The summed E-state index contributed by atoms with van der Waals surface area (Å²) >= 11 is 6.28. The number of carboxylic acids is 1. The van der Waals surface area contributed by atoms with E-state index in [-0.39, 0.29) is 32.8 Å². The molecular formula is C30H31ClN2O7. The van der Waals surface area contributed by atoms with Crippen molar-refractivity contribution in [2.24, 2.45) is 0 Å². The summed E-state index contributed by atoms with van der Waals surface area (Å²) in [6.07, 6.45) is -0.693. The quantitative estimate of drug-likeness (QED) is 0.267. The maximum atomic E-state index is 13.6. The molecule has 3 aromatic carbocycles. The van der Waals surface area contributed by atoms with Crippen LogP contribution >= 0.6 is 11.6 Å². The Morgan fingerprint density at radius 2 is 1.32 bits per heavy atom. The molecule has 40 heavy (non-hydrogen) atoms. The molecule has 0 atom stereocenters. The van der Waals surface area contributed by atoms with E-state index in [1.54, 1.807) is 65.8 Å². The van der Waals surface area contributed by atoms with Gasteiger partial charge in [0.1, 0.15) is 11.2 Å². The fourth-order valence-electron chi connectivity index (χ4n) is 3.66. The third kappa shape index (κ3) is 8.07. The Bertz CT molecular complexity index is 1470. The van der Waals surface area contributed by atoms with Crippen molar-refractivity contribution in [3.05, 3.63) is 82.4 Å². The maximum Gasteiger partial charge on any atom is 0.412 e. The van der Waals surface area contributed by atoms with Crippen molar-refractivity contribution in [2.45, 2.75) is 52.7 Å². The summed E-state index contributed by atoms with van der Waals surface area (Å²) < 4.78 is 10.8. The van der Waals surface area contributed by atoms with Gasteiger partial charge < -0.3 is 19.9 Å². The lowest BCUT2D eigenvalue weighted by Gasteiger charge is -2.22. The first-order valence-corrected chi connectivity index (χ1v) is 12.7. The number of carboxylic acid groups (broad SMARTS) is 1. The summed E-state index contributed by atoms with van der Waals surface area (Å²) in [6.45, 7) is 10.3. The first-order chi connectivity index (χ1) is 18.5. The smallest absolute Gasteiger partial charge is 0.412 e. The van der Waals surface area contributed by atoms with E-state index in [9.17, 15) is 24.3 Å². The van der Waals surface area contributed by atoms with Crippen LogP contribution in [0, 0.1) is 0 Å². The summed E-state index contributed by atoms with van der Waals surface area (Å²) in [7, 11) is 0. The van der Waals surface area contributed by atoms with Crippen LogP contribution in [0.5, 0.6) is 0 Å². The largest absolute Gasteiger partial charge is 0.478 e. The number of halogens is 1. The number of esters is 1. The van der Waals surface area contributed by atoms with Crippen molar-refractivity contribution in [1.82, 2.24) is 0 Å². The number of nitrogens with one attached hydrogen (secondary N) is 2. The molecular weight excluding hydrogens is 536 g/mol. The zero-order valence-electron chi connectivity index (χ0n) is 23.0. The highest BCUT2D eigenvalue weighted by Crippen LogP contribution is 2.33. The fraction of sp³-hybridized carbons (Fsp3) is 0.267. The number of anilines is 2. The molecule has 0 aromatic heterocycles. The minimum absolute atomic E-state index is 0.0434. The van der Waals surface area contributed by atoms with Gasteiger partial charge in [0.05, 0.1) is 22.5 Å². The number of aromatic carboxylic acids is 1. The van der Waals surface area contributed by atoms with Crippen molar-refractivity contribution < 1.29 is 33.8 Å². The molecule has 3 aromatic rings. The van der Waals surface area contributed by atoms with E-state index in [4.69, 9.17) is 21.1 Å². The summed E-state index contributed by atoms with van der Waals surface area (Å²) in [5.41, 5.74) is -0.460. The van der Waals surface area contributed by atoms with Crippen LogP contribution in [0.1, 0.15) is 72.6 Å². The summed E-state index contributed by atoms with van der Waals surface area (Å²) in [5.74, 6) is -2.55. The Morgan fingerprint density at radius 3 is 1.90 bits per heavy atom. The Morgan fingerprint density at radius 1 is 0.725 bits per heavy atom. The molecule has 0 aliphatic rings. The van der Waals surface area contributed by atoms with Gasteiger partial charge in [-0.2, -0.15) is 0 Å². The van der Waals surface area contributed by atoms with Gasteiger partial charge in [-0.25, -0.2) is 14.4 Å². The first-order valence-electron chi connectivity index (χ1n) is 12.3. The summed E-state index contributed by atoms with van der Waals surface area (Å²) in [4.78, 5) is 50.7. The second kappa shape index (κ2) is 11.8. The van der Waals surface area contributed by atoms with Crippen molar-refractivity contribution in [2.75, 3.05) is 10.6 Å². The number of hydrogen-bond acceptors (Lipinski definition) is 6. The van der Waals surface area contributed by atoms with Crippen molar-refractivity contribution in [1.29, 1.82) is 0 Å². The highest BCUT2D eigenvalue weighted by atomic mass is 35.5. The summed E-state index contributed by atoms with van der Waals surface area (Å²) in [5, 5.41) is 15.2. The predicted molar refractivity (Wildman–Crippen MR) is 153 cm³/mol. The number of rotatable bonds is 6. The van der Waals surface area contributed by atoms with E-state index in [2.05, 4.69) is 10.6 Å². The van der Waals surface area contributed by atoms with Gasteiger partial charge in [0, 0.05) is 10.6 Å². The van der Waals surface area contributed by atoms with Gasteiger partial charge in [-0.05, 0) is 95.1 Å². The van der Waals surface area contributed by atoms with Crippen LogP contribution in [0.2, 0.25) is 5.02 Å². The first kappa shape index (κ1) is 30.2. The summed E-state index contributed by atoms with van der Waals surface area (Å²) in [6, 6.07) is 15.1. The molecule has 0 radical (unpaired) electrons.